The molecule has 20 heavy (non-hydrogen) atoms. The lowest BCUT2D eigenvalue weighted by molar-refractivity contribution is 0.300. The smallest absolute Gasteiger partial charge is 0.126 e. The first-order valence-corrected chi connectivity index (χ1v) is 7.29. The van der Waals surface area contributed by atoms with E-state index < -0.39 is 0 Å². The number of aromatic hydroxyl groups is 1. The van der Waals surface area contributed by atoms with E-state index in [0.717, 1.165) is 33.3 Å². The Morgan fingerprint density at radius 1 is 1.20 bits per heavy atom. The molecule has 0 fully saturated rings. The molecule has 4 heteroatoms. The van der Waals surface area contributed by atoms with Crippen LogP contribution >= 0.6 is 15.9 Å². The largest absolute Gasteiger partial charge is 0.508 e. The molecule has 3 nitrogen and oxygen atoms in total. The van der Waals surface area contributed by atoms with Crippen molar-refractivity contribution in [1.82, 2.24) is 0 Å². The fourth-order valence-corrected chi connectivity index (χ4v) is 2.71. The summed E-state index contributed by atoms with van der Waals surface area (Å²) in [4.78, 5) is 0. The fraction of sp³-hybridized carbons (Fsp3) is 0.250. The predicted octanol–water partition coefficient (Wildman–Crippen LogP) is 3.54. The van der Waals surface area contributed by atoms with Crippen LogP contribution in [0.3, 0.4) is 0 Å². The summed E-state index contributed by atoms with van der Waals surface area (Å²) >= 11 is 3.50. The third kappa shape index (κ3) is 3.74. The van der Waals surface area contributed by atoms with Crippen LogP contribution in [0.25, 0.3) is 0 Å². The van der Waals surface area contributed by atoms with Gasteiger partial charge < -0.3 is 15.6 Å². The Kier molecular flexibility index (Phi) is 5.04. The number of phenolic OH excluding ortho intramolecular Hbond substituents is 1. The van der Waals surface area contributed by atoms with Crippen LogP contribution < -0.4 is 10.5 Å². The number of benzene rings is 2. The van der Waals surface area contributed by atoms with Crippen LogP contribution in [0.5, 0.6) is 11.5 Å². The van der Waals surface area contributed by atoms with Crippen LogP contribution in [0, 0.1) is 6.92 Å². The number of aryl methyl sites for hydroxylation is 1. The molecule has 2 aromatic rings. The summed E-state index contributed by atoms with van der Waals surface area (Å²) in [6, 6.07) is 11.1. The Labute approximate surface area is 127 Å². The molecule has 0 radical (unpaired) electrons. The molecule has 0 amide bonds. The van der Waals surface area contributed by atoms with Crippen molar-refractivity contribution < 1.29 is 9.84 Å². The lowest BCUT2D eigenvalue weighted by Gasteiger charge is -2.15. The van der Waals surface area contributed by atoms with Gasteiger partial charge in [0.2, 0.25) is 0 Å². The van der Waals surface area contributed by atoms with Crippen LogP contribution in [0.2, 0.25) is 0 Å². The number of hydrogen-bond acceptors (Lipinski definition) is 3. The lowest BCUT2D eigenvalue weighted by Crippen LogP contribution is -2.06. The molecule has 106 valence electrons. The predicted molar refractivity (Wildman–Crippen MR) is 84.1 cm³/mol. The summed E-state index contributed by atoms with van der Waals surface area (Å²) in [7, 11) is 0. The SMILES string of the molecule is Cc1cc(Br)cc(CCN)c1OCc1ccc(O)cc1. The van der Waals surface area contributed by atoms with Gasteiger partial charge in [-0.1, -0.05) is 28.1 Å². The number of nitrogens with two attached hydrogens (primary N) is 1. The minimum atomic E-state index is 0.261. The number of rotatable bonds is 5. The van der Waals surface area contributed by atoms with Gasteiger partial charge in [-0.05, 0) is 60.8 Å². The normalized spacial score (nSPS) is 10.6. The van der Waals surface area contributed by atoms with E-state index in [4.69, 9.17) is 10.5 Å². The van der Waals surface area contributed by atoms with Gasteiger partial charge in [0.1, 0.15) is 18.1 Å². The molecular formula is C16H18BrNO2. The average Bonchev–Trinajstić information content (AvgIpc) is 2.40. The summed E-state index contributed by atoms with van der Waals surface area (Å²) in [6.07, 6.45) is 0.783. The number of halogens is 1. The van der Waals surface area contributed by atoms with E-state index in [1.165, 1.54) is 0 Å². The maximum absolute atomic E-state index is 9.27. The van der Waals surface area contributed by atoms with E-state index in [0.29, 0.717) is 13.2 Å². The molecule has 0 aliphatic carbocycles. The number of ether oxygens (including phenoxy) is 1. The van der Waals surface area contributed by atoms with Gasteiger partial charge >= 0.3 is 0 Å². The number of hydrogen-bond donors (Lipinski definition) is 2. The second-order valence-corrected chi connectivity index (χ2v) is 5.62. The average molecular weight is 336 g/mol. The number of phenols is 1. The van der Waals surface area contributed by atoms with Crippen LogP contribution in [-0.2, 0) is 13.0 Å². The van der Waals surface area contributed by atoms with Gasteiger partial charge in [-0.25, -0.2) is 0 Å². The highest BCUT2D eigenvalue weighted by molar-refractivity contribution is 9.10. The summed E-state index contributed by atoms with van der Waals surface area (Å²) in [5, 5.41) is 9.27. The molecule has 2 rings (SSSR count). The molecule has 0 aromatic heterocycles. The molecule has 0 saturated carbocycles. The van der Waals surface area contributed by atoms with Crippen molar-refractivity contribution >= 4 is 15.9 Å². The van der Waals surface area contributed by atoms with E-state index in [2.05, 4.69) is 15.9 Å². The minimum absolute atomic E-state index is 0.261. The standard InChI is InChI=1S/C16H18BrNO2/c1-11-8-14(17)9-13(6-7-18)16(11)20-10-12-2-4-15(19)5-3-12/h2-5,8-9,19H,6-7,10,18H2,1H3. The van der Waals surface area contributed by atoms with Gasteiger partial charge in [0, 0.05) is 4.47 Å². The van der Waals surface area contributed by atoms with Gasteiger partial charge in [0.15, 0.2) is 0 Å². The molecule has 2 aromatic carbocycles. The van der Waals surface area contributed by atoms with Crippen LogP contribution in [0.4, 0.5) is 0 Å². The monoisotopic (exact) mass is 335 g/mol. The van der Waals surface area contributed by atoms with Gasteiger partial charge in [-0.15, -0.1) is 0 Å². The van der Waals surface area contributed by atoms with Crippen LogP contribution in [0.1, 0.15) is 16.7 Å². The second kappa shape index (κ2) is 6.77. The third-order valence-corrected chi connectivity index (χ3v) is 3.51. The van der Waals surface area contributed by atoms with Crippen molar-refractivity contribution in [2.45, 2.75) is 20.0 Å². The first kappa shape index (κ1) is 14.9. The Morgan fingerprint density at radius 3 is 2.55 bits per heavy atom. The minimum Gasteiger partial charge on any atom is -0.508 e. The summed E-state index contributed by atoms with van der Waals surface area (Å²) in [6.45, 7) is 3.09. The lowest BCUT2D eigenvalue weighted by atomic mass is 10.1. The summed E-state index contributed by atoms with van der Waals surface area (Å²) in [5.41, 5.74) is 8.87. The van der Waals surface area contributed by atoms with Crippen LogP contribution in [-0.4, -0.2) is 11.7 Å². The fourth-order valence-electron chi connectivity index (χ4n) is 2.09. The molecule has 0 aliphatic heterocycles. The van der Waals surface area contributed by atoms with Crippen molar-refractivity contribution in [2.75, 3.05) is 6.54 Å². The first-order valence-electron chi connectivity index (χ1n) is 6.50. The zero-order valence-corrected chi connectivity index (χ0v) is 13.0. The van der Waals surface area contributed by atoms with E-state index in [-0.39, 0.29) is 5.75 Å². The highest BCUT2D eigenvalue weighted by Crippen LogP contribution is 2.29. The Morgan fingerprint density at radius 2 is 1.90 bits per heavy atom. The molecule has 3 N–H and O–H groups in total. The topological polar surface area (TPSA) is 55.5 Å². The molecule has 0 bridgehead atoms. The molecule has 0 unspecified atom stereocenters. The highest BCUT2D eigenvalue weighted by Gasteiger charge is 2.09. The zero-order valence-electron chi connectivity index (χ0n) is 11.4. The Balaban J connectivity index is 2.17. The molecular weight excluding hydrogens is 318 g/mol. The Bertz CT molecular complexity index is 582. The summed E-state index contributed by atoms with van der Waals surface area (Å²) in [5.74, 6) is 1.16. The molecule has 0 saturated heterocycles. The third-order valence-electron chi connectivity index (χ3n) is 3.05. The van der Waals surface area contributed by atoms with Crippen molar-refractivity contribution in [2.24, 2.45) is 5.73 Å². The van der Waals surface area contributed by atoms with Gasteiger partial charge in [-0.2, -0.15) is 0 Å². The molecule has 0 atom stereocenters. The quantitative estimate of drug-likeness (QED) is 0.878. The zero-order chi connectivity index (χ0) is 14.5. The maximum atomic E-state index is 9.27. The van der Waals surface area contributed by atoms with Crippen LogP contribution in [0.15, 0.2) is 40.9 Å². The maximum Gasteiger partial charge on any atom is 0.126 e. The summed E-state index contributed by atoms with van der Waals surface area (Å²) < 4.78 is 6.98. The van der Waals surface area contributed by atoms with Crippen molar-refractivity contribution in [1.29, 1.82) is 0 Å². The van der Waals surface area contributed by atoms with Gasteiger partial charge in [0.05, 0.1) is 0 Å². The molecule has 0 heterocycles. The van der Waals surface area contributed by atoms with E-state index in [9.17, 15) is 5.11 Å². The molecule has 0 spiro atoms. The highest BCUT2D eigenvalue weighted by atomic mass is 79.9. The van der Waals surface area contributed by atoms with Crippen molar-refractivity contribution in [3.63, 3.8) is 0 Å². The van der Waals surface area contributed by atoms with E-state index >= 15 is 0 Å². The van der Waals surface area contributed by atoms with E-state index in [1.807, 2.05) is 31.2 Å². The van der Waals surface area contributed by atoms with Crippen molar-refractivity contribution in [3.05, 3.63) is 57.6 Å². The van der Waals surface area contributed by atoms with Gasteiger partial charge in [-0.3, -0.25) is 0 Å². The van der Waals surface area contributed by atoms with E-state index in [1.54, 1.807) is 12.1 Å². The van der Waals surface area contributed by atoms with Crippen molar-refractivity contribution in [3.8, 4) is 11.5 Å². The Hall–Kier alpha value is -1.52. The molecule has 0 aliphatic rings. The first-order chi connectivity index (χ1) is 9.60. The van der Waals surface area contributed by atoms with Gasteiger partial charge in [0.25, 0.3) is 0 Å². The second-order valence-electron chi connectivity index (χ2n) is 4.70.